The minimum Gasteiger partial charge on any atom is -0.391 e. The number of aliphatic hydroxyl groups excluding tert-OH is 3. The van der Waals surface area contributed by atoms with Gasteiger partial charge in [0.25, 0.3) is 11.8 Å². The number of anilines is 1. The van der Waals surface area contributed by atoms with Crippen LogP contribution in [0.2, 0.25) is 0 Å². The Balaban J connectivity index is 1.41. The molecule has 400 valence electrons. The maximum Gasteiger partial charge on any atom is 0.271 e. The number of amides is 7. The number of thiazole rings is 2. The Kier molecular flexibility index (Phi) is 22.5. The second kappa shape index (κ2) is 27.7. The first-order valence-electron chi connectivity index (χ1n) is 23.0. The van der Waals surface area contributed by atoms with Gasteiger partial charge in [-0.1, -0.05) is 6.92 Å². The average Bonchev–Trinajstić information content (AvgIpc) is 4.15. The Morgan fingerprint density at radius 1 is 0.849 bits per heavy atom. The predicted octanol–water partition coefficient (Wildman–Crippen LogP) is -2.97. The van der Waals surface area contributed by atoms with Gasteiger partial charge in [0, 0.05) is 69.3 Å². The maximum absolute atomic E-state index is 14.2. The number of rotatable bonds is 29. The number of nitrogens with one attached hydrogen (secondary N) is 7. The number of hydrogen-bond acceptors (Lipinski definition) is 20. The molecule has 9 atom stereocenters. The number of hydrogen-bond donors (Lipinski definition) is 13. The second-order valence-electron chi connectivity index (χ2n) is 17.6. The van der Waals surface area contributed by atoms with Crippen molar-refractivity contribution in [1.82, 2.24) is 61.8 Å². The van der Waals surface area contributed by atoms with Gasteiger partial charge >= 0.3 is 0 Å². The van der Waals surface area contributed by atoms with E-state index in [4.69, 9.17) is 17.2 Å². The van der Waals surface area contributed by atoms with E-state index in [0.29, 0.717) is 45.3 Å². The van der Waals surface area contributed by atoms with Crippen LogP contribution in [0.3, 0.4) is 0 Å². The molecule has 0 aromatic carbocycles. The molecular weight excluding hydrogens is 1010 g/mol. The van der Waals surface area contributed by atoms with Gasteiger partial charge in [0.1, 0.15) is 57.7 Å². The van der Waals surface area contributed by atoms with Crippen LogP contribution in [0.1, 0.15) is 88.8 Å². The highest BCUT2D eigenvalue weighted by Crippen LogP contribution is 2.27. The van der Waals surface area contributed by atoms with Gasteiger partial charge < -0.3 is 74.3 Å². The minimum absolute atomic E-state index is 0.0188. The number of nitrogens with zero attached hydrogens (tertiary/aromatic N) is 6. The lowest BCUT2D eigenvalue weighted by Crippen LogP contribution is -2.57. The highest BCUT2D eigenvalue weighted by atomic mass is 32.2. The lowest BCUT2D eigenvalue weighted by atomic mass is 9.96. The van der Waals surface area contributed by atoms with Crippen LogP contribution in [0.5, 0.6) is 0 Å². The Hall–Kier alpha value is -6.21. The summed E-state index contributed by atoms with van der Waals surface area (Å²) in [6, 6.07) is -6.68. The van der Waals surface area contributed by atoms with Crippen molar-refractivity contribution in [3.63, 3.8) is 0 Å². The number of carbonyl (C=O) groups excluding carboxylic acids is 7. The summed E-state index contributed by atoms with van der Waals surface area (Å²) in [4.78, 5) is 117. The first-order valence-corrected chi connectivity index (χ1v) is 26.9. The lowest BCUT2D eigenvalue weighted by molar-refractivity contribution is -0.136. The van der Waals surface area contributed by atoms with Gasteiger partial charge in [0.15, 0.2) is 0 Å². The van der Waals surface area contributed by atoms with Crippen LogP contribution in [-0.2, 0) is 41.3 Å². The van der Waals surface area contributed by atoms with Crippen molar-refractivity contribution >= 4 is 80.7 Å². The summed E-state index contributed by atoms with van der Waals surface area (Å²) in [6.45, 7) is 5.99. The van der Waals surface area contributed by atoms with E-state index in [2.05, 4.69) is 74.3 Å². The van der Waals surface area contributed by atoms with Crippen LogP contribution in [-0.4, -0.2) is 175 Å². The molecule has 4 heterocycles. The normalized spacial score (nSPS) is 15.1. The zero-order valence-corrected chi connectivity index (χ0v) is 44.2. The van der Waals surface area contributed by atoms with E-state index in [-0.39, 0.29) is 54.0 Å². The highest BCUT2D eigenvalue weighted by molar-refractivity contribution is 7.95. The quantitative estimate of drug-likeness (QED) is 0.0191. The second-order valence-corrected chi connectivity index (χ2v) is 21.8. The summed E-state index contributed by atoms with van der Waals surface area (Å²) in [5.41, 5.74) is 17.5. The van der Waals surface area contributed by atoms with Crippen molar-refractivity contribution in [2.75, 3.05) is 56.9 Å². The van der Waals surface area contributed by atoms with Crippen molar-refractivity contribution < 1.29 is 48.9 Å². The molecule has 4 aromatic heterocycles. The molecule has 26 nitrogen and oxygen atoms in total. The number of carbonyl (C=O) groups is 7. The fourth-order valence-corrected chi connectivity index (χ4v) is 9.36. The first kappa shape index (κ1) is 59.4. The Morgan fingerprint density at radius 3 is 2.18 bits per heavy atom. The molecule has 0 saturated heterocycles. The van der Waals surface area contributed by atoms with Crippen molar-refractivity contribution in [3.8, 4) is 10.7 Å². The fourth-order valence-electron chi connectivity index (χ4n) is 7.02. The number of aromatic nitrogens is 6. The summed E-state index contributed by atoms with van der Waals surface area (Å²) in [7, 11) is 3.56. The van der Waals surface area contributed by atoms with Crippen LogP contribution >= 0.6 is 22.7 Å². The molecule has 0 saturated carbocycles. The molecule has 4 rings (SSSR count). The Labute approximate surface area is 432 Å². The smallest absolute Gasteiger partial charge is 0.271 e. The van der Waals surface area contributed by atoms with Gasteiger partial charge in [-0.3, -0.25) is 33.6 Å². The van der Waals surface area contributed by atoms with Crippen LogP contribution < -0.4 is 54.0 Å². The molecule has 4 aromatic rings. The van der Waals surface area contributed by atoms with Gasteiger partial charge in [-0.25, -0.2) is 24.9 Å². The average molecular weight is 1080 g/mol. The minimum atomic E-state index is -1.79. The first-order chi connectivity index (χ1) is 34.4. The summed E-state index contributed by atoms with van der Waals surface area (Å²) >= 11 is 2.62. The molecule has 16 N–H and O–H groups in total. The maximum atomic E-state index is 14.2. The zero-order valence-electron chi connectivity index (χ0n) is 41.8. The van der Waals surface area contributed by atoms with Crippen LogP contribution in [0.4, 0.5) is 5.82 Å². The molecular formula is C44H67N16O10S3+. The molecule has 0 aliphatic rings. The van der Waals surface area contributed by atoms with Crippen molar-refractivity contribution in [1.29, 1.82) is 0 Å². The summed E-state index contributed by atoms with van der Waals surface area (Å²) in [5, 5.41) is 54.0. The predicted molar refractivity (Wildman–Crippen MR) is 275 cm³/mol. The van der Waals surface area contributed by atoms with Gasteiger partial charge in [-0.2, -0.15) is 0 Å². The molecule has 0 bridgehead atoms. The molecule has 0 spiro atoms. The number of H-pyrrole nitrogens is 1. The van der Waals surface area contributed by atoms with E-state index in [1.54, 1.807) is 29.8 Å². The monoisotopic (exact) mass is 1080 g/mol. The third kappa shape index (κ3) is 17.2. The van der Waals surface area contributed by atoms with Crippen molar-refractivity contribution in [3.05, 3.63) is 56.8 Å². The van der Waals surface area contributed by atoms with Gasteiger partial charge in [0.2, 0.25) is 29.5 Å². The summed E-state index contributed by atoms with van der Waals surface area (Å²) < 4.78 is 0. The highest BCUT2D eigenvalue weighted by Gasteiger charge is 2.37. The van der Waals surface area contributed by atoms with Gasteiger partial charge in [0.05, 0.1) is 72.0 Å². The summed E-state index contributed by atoms with van der Waals surface area (Å²) in [6.07, 6.45) is 2.81. The van der Waals surface area contributed by atoms with Crippen LogP contribution in [0, 0.1) is 12.8 Å². The molecule has 0 fully saturated rings. The van der Waals surface area contributed by atoms with Crippen LogP contribution in [0.25, 0.3) is 10.7 Å². The van der Waals surface area contributed by atoms with Gasteiger partial charge in [-0.15, -0.1) is 22.7 Å². The fraction of sp³-hybridized carbons (Fsp3) is 0.545. The van der Waals surface area contributed by atoms with Crippen molar-refractivity contribution in [2.45, 2.75) is 95.5 Å². The number of aromatic amines is 1. The van der Waals surface area contributed by atoms with E-state index < -0.39 is 89.9 Å². The lowest BCUT2D eigenvalue weighted by Gasteiger charge is -2.30. The molecule has 0 unspecified atom stereocenters. The van der Waals surface area contributed by atoms with E-state index in [9.17, 15) is 48.9 Å². The van der Waals surface area contributed by atoms with E-state index in [1.165, 1.54) is 62.9 Å². The SMILES string of the molecule is Cc1c(C(=O)N[C@H](C(=O)N[C@H](C)[C@@H](O)[C@H](C)C(=O)N[C@H](C(=O)NCCc2nc(-c3nc(C(=O)NCCC[S+](C)C)cs3)cs2)[C@@H](C)O)[C@@H](O)c2cnc[nH]2)nc([C@H](CC(N)=O)NC[C@H](N)C(N)=O)nc1N(C)C. The number of nitrogens with two attached hydrogens (primary N) is 3. The Bertz CT molecular complexity index is 2520. The third-order valence-electron chi connectivity index (χ3n) is 11.2. The third-order valence-corrected chi connectivity index (χ3v) is 14.1. The topological polar surface area (TPSA) is 414 Å². The molecule has 29 heteroatoms. The van der Waals surface area contributed by atoms with E-state index in [1.807, 2.05) is 0 Å². The molecule has 0 aliphatic carbocycles. The van der Waals surface area contributed by atoms with Gasteiger partial charge in [-0.05, 0) is 31.7 Å². The molecule has 7 amide bonds. The molecule has 0 aliphatic heterocycles. The number of primary amides is 2. The van der Waals surface area contributed by atoms with Crippen molar-refractivity contribution in [2.24, 2.45) is 23.1 Å². The van der Waals surface area contributed by atoms with E-state index >= 15 is 0 Å². The Morgan fingerprint density at radius 2 is 1.56 bits per heavy atom. The number of imidazole rings is 1. The summed E-state index contributed by atoms with van der Waals surface area (Å²) in [5.74, 6) is -5.56. The van der Waals surface area contributed by atoms with Crippen LogP contribution in [0.15, 0.2) is 23.3 Å². The largest absolute Gasteiger partial charge is 0.391 e. The standard InChI is InChI=1S/C44H66N16O10S3/c1-20-31(56-37(59-38(20)60(5)6)25(14-29(46)62)51-15-24(45)36(47)65)42(69)58-33(35(64)26-16-48-19-52-26)43(70)53-22(3)34(63)21(2)39(66)57-32(23(4)61)41(68)50-12-10-30-54-28(18-71-30)44-55-27(17-72-44)40(67)49-11-9-13-73(7)8/h16-19,21-25,32-35,51,61,63-64H,9-15,45H2,1-8H3,(H9-,46,47,48,49,50,52,53,57,58,62,65,66,67,68,69,70)/p+1/t21-,22+,23+,24-,25-,32-,33-,34-,35-/m0/s1. The zero-order chi connectivity index (χ0) is 54.3. The molecule has 73 heavy (non-hydrogen) atoms. The number of aliphatic hydroxyl groups is 3. The van der Waals surface area contributed by atoms with E-state index in [0.717, 1.165) is 12.2 Å². The molecule has 0 radical (unpaired) electrons.